The van der Waals surface area contributed by atoms with Crippen LogP contribution in [0.3, 0.4) is 0 Å². The van der Waals surface area contributed by atoms with Crippen molar-refractivity contribution in [1.29, 1.82) is 0 Å². The lowest BCUT2D eigenvalue weighted by molar-refractivity contribution is -0.275. The van der Waals surface area contributed by atoms with E-state index in [1.54, 1.807) is 12.1 Å². The van der Waals surface area contributed by atoms with Gasteiger partial charge >= 0.3 is 6.36 Å². The molecule has 0 heterocycles. The summed E-state index contributed by atoms with van der Waals surface area (Å²) in [6, 6.07) is 15.5. The fraction of sp³-hybridized carbons (Fsp3) is 0.400. The van der Waals surface area contributed by atoms with E-state index in [4.69, 9.17) is 0 Å². The average molecular weight is 483 g/mol. The van der Waals surface area contributed by atoms with E-state index in [1.165, 1.54) is 69.1 Å². The minimum Gasteiger partial charge on any atom is -0.403 e. The van der Waals surface area contributed by atoms with Gasteiger partial charge in [-0.1, -0.05) is 68.7 Å². The molecule has 0 amide bonds. The first-order chi connectivity index (χ1) is 16.8. The van der Waals surface area contributed by atoms with Gasteiger partial charge in [0.05, 0.1) is 0 Å². The van der Waals surface area contributed by atoms with Crippen molar-refractivity contribution in [3.05, 3.63) is 77.1 Å². The van der Waals surface area contributed by atoms with Crippen LogP contribution in [0.5, 0.6) is 5.75 Å². The lowest BCUT2D eigenvalue weighted by Crippen LogP contribution is -2.17. The molecule has 184 valence electrons. The largest absolute Gasteiger partial charge is 0.573 e. The first kappa shape index (κ1) is 25.1. The molecule has 4 rings (SSSR count). The van der Waals surface area contributed by atoms with Crippen molar-refractivity contribution in [3.63, 3.8) is 0 Å². The number of unbranched alkanes of at least 4 members (excludes halogenated alkanes) is 2. The molecule has 1 aliphatic rings. The molecule has 35 heavy (non-hydrogen) atoms. The van der Waals surface area contributed by atoms with Crippen LogP contribution in [0.2, 0.25) is 0 Å². The van der Waals surface area contributed by atoms with Gasteiger partial charge in [-0.15, -0.1) is 13.2 Å². The number of halogens is 4. The molecule has 0 spiro atoms. The Balaban J connectivity index is 1.39. The Kier molecular flexibility index (Phi) is 8.00. The summed E-state index contributed by atoms with van der Waals surface area (Å²) in [6.07, 6.45) is 5.57. The highest BCUT2D eigenvalue weighted by molar-refractivity contribution is 5.86. The maximum absolute atomic E-state index is 14.4. The molecular formula is C30H30F4O. The van der Waals surface area contributed by atoms with Crippen LogP contribution in [0.25, 0.3) is 10.8 Å². The van der Waals surface area contributed by atoms with Gasteiger partial charge in [-0.25, -0.2) is 4.39 Å². The maximum atomic E-state index is 14.4. The third-order valence-corrected chi connectivity index (χ3v) is 6.94. The Morgan fingerprint density at radius 2 is 1.54 bits per heavy atom. The fourth-order valence-electron chi connectivity index (χ4n) is 5.00. The first-order valence-electron chi connectivity index (χ1n) is 12.4. The molecular weight excluding hydrogens is 452 g/mol. The molecule has 0 radical (unpaired) electrons. The molecule has 0 saturated heterocycles. The quantitative estimate of drug-likeness (QED) is 0.193. The molecule has 0 atom stereocenters. The van der Waals surface area contributed by atoms with E-state index in [0.717, 1.165) is 17.5 Å². The molecule has 0 aromatic heterocycles. The van der Waals surface area contributed by atoms with Crippen molar-refractivity contribution in [3.8, 4) is 17.6 Å². The van der Waals surface area contributed by atoms with Gasteiger partial charge in [-0.2, -0.15) is 0 Å². The molecule has 0 unspecified atom stereocenters. The monoisotopic (exact) mass is 482 g/mol. The summed E-state index contributed by atoms with van der Waals surface area (Å²) in [4.78, 5) is 0. The molecule has 0 bridgehead atoms. The lowest BCUT2D eigenvalue weighted by atomic mass is 9.77. The van der Waals surface area contributed by atoms with E-state index in [9.17, 15) is 17.6 Å². The number of hydrogen-bond acceptors (Lipinski definition) is 1. The van der Waals surface area contributed by atoms with E-state index >= 15 is 0 Å². The summed E-state index contributed by atoms with van der Waals surface area (Å²) in [5.74, 6) is 5.84. The van der Waals surface area contributed by atoms with E-state index in [-0.39, 0.29) is 5.39 Å². The average Bonchev–Trinajstić information content (AvgIpc) is 2.85. The number of ether oxygens (including phenoxy) is 1. The van der Waals surface area contributed by atoms with Crippen molar-refractivity contribution in [1.82, 2.24) is 0 Å². The van der Waals surface area contributed by atoms with Crippen molar-refractivity contribution in [2.24, 2.45) is 5.92 Å². The van der Waals surface area contributed by atoms with Crippen LogP contribution in [-0.2, 0) is 0 Å². The molecule has 0 aliphatic heterocycles. The Morgan fingerprint density at radius 3 is 2.23 bits per heavy atom. The van der Waals surface area contributed by atoms with E-state index < -0.39 is 17.9 Å². The Morgan fingerprint density at radius 1 is 0.857 bits per heavy atom. The topological polar surface area (TPSA) is 9.23 Å². The predicted molar refractivity (Wildman–Crippen MR) is 132 cm³/mol. The molecule has 1 aliphatic carbocycles. The number of rotatable bonds is 6. The van der Waals surface area contributed by atoms with Crippen LogP contribution in [0, 0.1) is 23.6 Å². The summed E-state index contributed by atoms with van der Waals surface area (Å²) < 4.78 is 55.5. The van der Waals surface area contributed by atoms with Crippen molar-refractivity contribution in [2.75, 3.05) is 0 Å². The lowest BCUT2D eigenvalue weighted by Gasteiger charge is -2.29. The smallest absolute Gasteiger partial charge is 0.403 e. The Hall–Kier alpha value is -3.00. The summed E-state index contributed by atoms with van der Waals surface area (Å²) in [5.41, 5.74) is 2.93. The second-order valence-electron chi connectivity index (χ2n) is 9.45. The molecule has 5 heteroatoms. The molecule has 3 aromatic carbocycles. The normalized spacial score (nSPS) is 18.2. The summed E-state index contributed by atoms with van der Waals surface area (Å²) >= 11 is 0. The van der Waals surface area contributed by atoms with Crippen molar-refractivity contribution in [2.45, 2.75) is 70.6 Å². The highest BCUT2D eigenvalue weighted by Gasteiger charge is 2.32. The van der Waals surface area contributed by atoms with E-state index in [0.29, 0.717) is 16.9 Å². The van der Waals surface area contributed by atoms with Crippen molar-refractivity contribution < 1.29 is 22.3 Å². The summed E-state index contributed by atoms with van der Waals surface area (Å²) in [7, 11) is 0. The third-order valence-electron chi connectivity index (χ3n) is 6.94. The van der Waals surface area contributed by atoms with Gasteiger partial charge in [0.25, 0.3) is 0 Å². The van der Waals surface area contributed by atoms with Gasteiger partial charge in [0, 0.05) is 16.5 Å². The highest BCUT2D eigenvalue weighted by atomic mass is 19.4. The molecule has 1 nitrogen and oxygen atoms in total. The van der Waals surface area contributed by atoms with Gasteiger partial charge in [-0.05, 0) is 78.8 Å². The zero-order valence-electron chi connectivity index (χ0n) is 19.9. The second kappa shape index (κ2) is 11.2. The Labute approximate surface area is 204 Å². The van der Waals surface area contributed by atoms with Gasteiger partial charge in [0.15, 0.2) is 11.6 Å². The van der Waals surface area contributed by atoms with Crippen LogP contribution >= 0.6 is 0 Å². The van der Waals surface area contributed by atoms with Crippen LogP contribution in [0.4, 0.5) is 17.6 Å². The third kappa shape index (κ3) is 6.78. The minimum absolute atomic E-state index is 0.0572. The summed E-state index contributed by atoms with van der Waals surface area (Å²) in [6.45, 7) is 2.25. The van der Waals surface area contributed by atoms with Crippen molar-refractivity contribution >= 4 is 10.8 Å². The minimum atomic E-state index is -4.94. The molecule has 3 aromatic rings. The van der Waals surface area contributed by atoms with Crippen LogP contribution in [0.1, 0.15) is 80.9 Å². The predicted octanol–water partition coefficient (Wildman–Crippen LogP) is 9.13. The summed E-state index contributed by atoms with van der Waals surface area (Å²) in [5, 5.41) is 0.520. The number of hydrogen-bond donors (Lipinski definition) is 0. The zero-order valence-corrected chi connectivity index (χ0v) is 19.9. The number of benzene rings is 3. The Bertz CT molecular complexity index is 1190. The molecule has 1 saturated carbocycles. The molecule has 1 fully saturated rings. The SMILES string of the molecule is CCCCC[C@H]1CC[C@H](c2ccc(C#Cc3ccc4c(F)c(OC(F)(F)F)ccc4c3)cc2)CC1. The fourth-order valence-corrected chi connectivity index (χ4v) is 5.00. The highest BCUT2D eigenvalue weighted by Crippen LogP contribution is 2.38. The van der Waals surface area contributed by atoms with Crippen LogP contribution < -0.4 is 4.74 Å². The van der Waals surface area contributed by atoms with Gasteiger partial charge in [0.1, 0.15) is 0 Å². The second-order valence-corrected chi connectivity index (χ2v) is 9.45. The maximum Gasteiger partial charge on any atom is 0.573 e. The number of alkyl halides is 3. The number of fused-ring (bicyclic) bond motifs is 1. The first-order valence-corrected chi connectivity index (χ1v) is 12.4. The van der Waals surface area contributed by atoms with Crippen LogP contribution in [-0.4, -0.2) is 6.36 Å². The van der Waals surface area contributed by atoms with Gasteiger partial charge < -0.3 is 4.74 Å². The van der Waals surface area contributed by atoms with Gasteiger partial charge in [-0.3, -0.25) is 0 Å². The van der Waals surface area contributed by atoms with E-state index in [2.05, 4.69) is 35.6 Å². The van der Waals surface area contributed by atoms with Gasteiger partial charge in [0.2, 0.25) is 0 Å². The zero-order chi connectivity index (χ0) is 24.8. The van der Waals surface area contributed by atoms with Crippen LogP contribution in [0.15, 0.2) is 54.6 Å². The molecule has 0 N–H and O–H groups in total. The van der Waals surface area contributed by atoms with E-state index in [1.807, 2.05) is 12.1 Å². The standard InChI is InChI=1S/C30H30F4O/c1-2-3-4-5-21-8-13-24(14-9-21)25-15-10-22(11-16-25)6-7-23-12-18-27-26(20-23)17-19-28(29(27)31)35-30(32,33)34/h10-12,15-21,24H,2-5,8-9,13-14H2,1H3/t21-,24-.